The Morgan fingerprint density at radius 1 is 1.05 bits per heavy atom. The van der Waals surface area contributed by atoms with Gasteiger partial charge in [-0.15, -0.1) is 0 Å². The fourth-order valence-electron chi connectivity index (χ4n) is 6.20. The van der Waals surface area contributed by atoms with Gasteiger partial charge in [0.05, 0.1) is 6.10 Å². The molecule has 7 nitrogen and oxygen atoms in total. The summed E-state index contributed by atoms with van der Waals surface area (Å²) in [5.41, 5.74) is 2.40. The number of phenolic OH excluding ortho intramolecular Hbond substituents is 1. The lowest BCUT2D eigenvalue weighted by Gasteiger charge is -2.32. The second-order valence-corrected chi connectivity index (χ2v) is 10.5. The Labute approximate surface area is 218 Å². The summed E-state index contributed by atoms with van der Waals surface area (Å²) in [6.45, 7) is 1.77. The SMILES string of the molecule is CCCCC[C@@H](CC[C@@H]1[C@H]2Cc3cccc(OCC(=O)O)c3C[C@H]2C[C@H]1O)OC(=O)c1ccccc1O. The van der Waals surface area contributed by atoms with Gasteiger partial charge >= 0.3 is 11.9 Å². The van der Waals surface area contributed by atoms with Gasteiger partial charge in [-0.3, -0.25) is 0 Å². The van der Waals surface area contributed by atoms with E-state index >= 15 is 0 Å². The van der Waals surface area contributed by atoms with Gasteiger partial charge < -0.3 is 24.8 Å². The number of aliphatic hydroxyl groups excluding tert-OH is 1. The van der Waals surface area contributed by atoms with Crippen LogP contribution < -0.4 is 4.74 Å². The number of carboxylic acids is 1. The molecule has 0 saturated heterocycles. The zero-order chi connectivity index (χ0) is 26.4. The van der Waals surface area contributed by atoms with Crippen molar-refractivity contribution in [2.24, 2.45) is 17.8 Å². The van der Waals surface area contributed by atoms with Gasteiger partial charge in [0.1, 0.15) is 23.2 Å². The molecule has 0 heterocycles. The largest absolute Gasteiger partial charge is 0.507 e. The highest BCUT2D eigenvalue weighted by atomic mass is 16.5. The highest BCUT2D eigenvalue weighted by Crippen LogP contribution is 2.48. The molecule has 2 aromatic carbocycles. The normalized spacial score (nSPS) is 23.1. The molecule has 0 spiro atoms. The van der Waals surface area contributed by atoms with E-state index in [4.69, 9.17) is 14.6 Å². The number of unbranched alkanes of at least 4 members (excludes halogenated alkanes) is 2. The quantitative estimate of drug-likeness (QED) is 0.267. The van der Waals surface area contributed by atoms with E-state index in [-0.39, 0.29) is 29.9 Å². The third-order valence-corrected chi connectivity index (χ3v) is 8.05. The number of carboxylic acid groups (broad SMARTS) is 1. The van der Waals surface area contributed by atoms with Crippen molar-refractivity contribution >= 4 is 11.9 Å². The van der Waals surface area contributed by atoms with Crippen LogP contribution in [0, 0.1) is 17.8 Å². The molecule has 1 fully saturated rings. The number of ether oxygens (including phenoxy) is 2. The number of hydrogen-bond donors (Lipinski definition) is 3. The van der Waals surface area contributed by atoms with E-state index in [1.807, 2.05) is 12.1 Å². The number of aliphatic carboxylic acids is 1. The molecule has 2 aliphatic rings. The van der Waals surface area contributed by atoms with Crippen LogP contribution in [0.2, 0.25) is 0 Å². The molecular weight excluding hydrogens is 472 g/mol. The van der Waals surface area contributed by atoms with Gasteiger partial charge in [0.25, 0.3) is 0 Å². The van der Waals surface area contributed by atoms with Crippen LogP contribution in [0.1, 0.15) is 73.4 Å². The first kappa shape index (κ1) is 27.0. The Hall–Kier alpha value is -3.06. The Balaban J connectivity index is 1.42. The average Bonchev–Trinajstić information content (AvgIpc) is 3.18. The van der Waals surface area contributed by atoms with Gasteiger partial charge in [-0.2, -0.15) is 0 Å². The fraction of sp³-hybridized carbons (Fsp3) is 0.533. The minimum atomic E-state index is -1.00. The standard InChI is InChI=1S/C30H38O7/c1-2-3-4-9-21(37-30(35)23-10-5-6-11-26(23)31)13-14-22-24-15-19-8-7-12-28(36-18-29(33)34)25(19)16-20(24)17-27(22)32/h5-8,10-12,20-22,24,27,31-32H,2-4,9,13-18H2,1H3,(H,33,34)/t20-,21-,22+,24-,27+/m0/s1. The smallest absolute Gasteiger partial charge is 0.342 e. The van der Waals surface area contributed by atoms with Crippen molar-refractivity contribution in [1.29, 1.82) is 0 Å². The number of aliphatic hydroxyl groups is 1. The lowest BCUT2D eigenvalue weighted by Crippen LogP contribution is -2.29. The number of benzene rings is 2. The van der Waals surface area contributed by atoms with Crippen LogP contribution in [-0.4, -0.2) is 46.1 Å². The molecular formula is C30H38O7. The van der Waals surface area contributed by atoms with Crippen molar-refractivity contribution in [3.63, 3.8) is 0 Å². The molecule has 4 rings (SSSR count). The predicted octanol–water partition coefficient (Wildman–Crippen LogP) is 5.15. The maximum atomic E-state index is 12.8. The summed E-state index contributed by atoms with van der Waals surface area (Å²) in [6.07, 6.45) is 6.90. The fourth-order valence-corrected chi connectivity index (χ4v) is 6.20. The maximum Gasteiger partial charge on any atom is 0.342 e. The lowest BCUT2D eigenvalue weighted by atomic mass is 9.73. The molecule has 0 unspecified atom stereocenters. The monoisotopic (exact) mass is 510 g/mol. The summed E-state index contributed by atoms with van der Waals surface area (Å²) in [7, 11) is 0. The van der Waals surface area contributed by atoms with Crippen molar-refractivity contribution in [3.8, 4) is 11.5 Å². The summed E-state index contributed by atoms with van der Waals surface area (Å²) in [5.74, 6) is -0.222. The first-order valence-corrected chi connectivity index (χ1v) is 13.5. The predicted molar refractivity (Wildman–Crippen MR) is 139 cm³/mol. The molecule has 2 aliphatic carbocycles. The van der Waals surface area contributed by atoms with Crippen molar-refractivity contribution in [2.45, 2.75) is 76.9 Å². The van der Waals surface area contributed by atoms with E-state index in [0.29, 0.717) is 30.4 Å². The molecule has 0 bridgehead atoms. The summed E-state index contributed by atoms with van der Waals surface area (Å²) in [6, 6.07) is 12.2. The molecule has 7 heteroatoms. The zero-order valence-electron chi connectivity index (χ0n) is 21.5. The van der Waals surface area contributed by atoms with Crippen molar-refractivity contribution in [2.75, 3.05) is 6.61 Å². The minimum Gasteiger partial charge on any atom is -0.507 e. The first-order valence-electron chi connectivity index (χ1n) is 13.5. The van der Waals surface area contributed by atoms with Crippen molar-refractivity contribution < 1.29 is 34.4 Å². The third kappa shape index (κ3) is 6.63. The Morgan fingerprint density at radius 2 is 1.86 bits per heavy atom. The van der Waals surface area contributed by atoms with Gasteiger partial charge in [-0.25, -0.2) is 9.59 Å². The number of esters is 1. The number of phenols is 1. The molecule has 5 atom stereocenters. The summed E-state index contributed by atoms with van der Waals surface area (Å²) < 4.78 is 11.4. The van der Waals surface area contributed by atoms with Crippen LogP contribution in [0.4, 0.5) is 0 Å². The summed E-state index contributed by atoms with van der Waals surface area (Å²) in [5, 5.41) is 30.1. The Kier molecular flexibility index (Phi) is 9.09. The van der Waals surface area contributed by atoms with Gasteiger partial charge in [0, 0.05) is 0 Å². The van der Waals surface area contributed by atoms with Gasteiger partial charge in [0.15, 0.2) is 6.61 Å². The number of carbonyl (C=O) groups excluding carboxylic acids is 1. The van der Waals surface area contributed by atoms with Gasteiger partial charge in [-0.05, 0) is 92.0 Å². The molecule has 200 valence electrons. The second kappa shape index (κ2) is 12.5. The van der Waals surface area contributed by atoms with E-state index in [1.54, 1.807) is 18.2 Å². The van der Waals surface area contributed by atoms with Gasteiger partial charge in [-0.1, -0.05) is 44.0 Å². The van der Waals surface area contributed by atoms with Crippen LogP contribution in [0.15, 0.2) is 42.5 Å². The van der Waals surface area contributed by atoms with E-state index in [9.17, 15) is 19.8 Å². The number of hydrogen-bond acceptors (Lipinski definition) is 6. The van der Waals surface area contributed by atoms with Crippen LogP contribution >= 0.6 is 0 Å². The molecule has 2 aromatic rings. The first-order chi connectivity index (χ1) is 17.9. The summed E-state index contributed by atoms with van der Waals surface area (Å²) in [4.78, 5) is 23.8. The second-order valence-electron chi connectivity index (χ2n) is 10.5. The highest BCUT2D eigenvalue weighted by Gasteiger charge is 2.45. The molecule has 37 heavy (non-hydrogen) atoms. The van der Waals surface area contributed by atoms with E-state index < -0.39 is 18.0 Å². The Bertz CT molecular complexity index is 1080. The zero-order valence-corrected chi connectivity index (χ0v) is 21.5. The molecule has 0 aliphatic heterocycles. The average molecular weight is 511 g/mol. The summed E-state index contributed by atoms with van der Waals surface area (Å²) >= 11 is 0. The van der Waals surface area contributed by atoms with Crippen LogP contribution in [0.25, 0.3) is 0 Å². The molecule has 1 saturated carbocycles. The van der Waals surface area contributed by atoms with Crippen molar-refractivity contribution in [3.05, 3.63) is 59.2 Å². The number of carbonyl (C=O) groups is 2. The number of fused-ring (bicyclic) bond motifs is 2. The minimum absolute atomic E-state index is 0.0820. The van der Waals surface area contributed by atoms with E-state index in [1.165, 1.54) is 6.07 Å². The number of rotatable bonds is 12. The maximum absolute atomic E-state index is 12.8. The van der Waals surface area contributed by atoms with Crippen LogP contribution in [0.3, 0.4) is 0 Å². The number of aromatic hydroxyl groups is 1. The lowest BCUT2D eigenvalue weighted by molar-refractivity contribution is -0.139. The van der Waals surface area contributed by atoms with Crippen LogP contribution in [-0.2, 0) is 22.4 Å². The van der Waals surface area contributed by atoms with Crippen molar-refractivity contribution in [1.82, 2.24) is 0 Å². The topological polar surface area (TPSA) is 113 Å². The van der Waals surface area contributed by atoms with E-state index in [2.05, 4.69) is 13.0 Å². The Morgan fingerprint density at radius 3 is 2.62 bits per heavy atom. The molecule has 3 N–H and O–H groups in total. The third-order valence-electron chi connectivity index (χ3n) is 8.05. The highest BCUT2D eigenvalue weighted by molar-refractivity contribution is 5.92. The van der Waals surface area contributed by atoms with E-state index in [0.717, 1.165) is 56.1 Å². The van der Waals surface area contributed by atoms with Crippen LogP contribution in [0.5, 0.6) is 11.5 Å². The van der Waals surface area contributed by atoms with Gasteiger partial charge in [0.2, 0.25) is 0 Å². The molecule has 0 radical (unpaired) electrons. The molecule has 0 amide bonds. The number of para-hydroxylation sites is 1. The molecule has 0 aromatic heterocycles.